The van der Waals surface area contributed by atoms with Crippen LogP contribution in [0, 0.1) is 0 Å². The van der Waals surface area contributed by atoms with E-state index >= 15 is 0 Å². The van der Waals surface area contributed by atoms with Gasteiger partial charge in [0.15, 0.2) is 5.60 Å². The fraction of sp³-hybridized carbons (Fsp3) is 0.857. The fourth-order valence-corrected chi connectivity index (χ4v) is 0.519. The summed E-state index contributed by atoms with van der Waals surface area (Å²) in [5, 5.41) is 19.9. The van der Waals surface area contributed by atoms with Crippen LogP contribution in [0.2, 0.25) is 0 Å². The van der Waals surface area contributed by atoms with Gasteiger partial charge in [0.25, 0.3) is 0 Å². The van der Waals surface area contributed by atoms with Crippen molar-refractivity contribution < 1.29 is 19.7 Å². The normalized spacial score (nSPS) is 11.0. The standard InChI is InChI=1S/C7H15NO4/c1-3-8-6(11)12-7(2,4-9)5-10/h9-10H,3-5H2,1-2H3,(H,8,11). The Hall–Kier alpha value is -0.810. The van der Waals surface area contributed by atoms with Crippen LogP contribution < -0.4 is 5.32 Å². The molecule has 0 aliphatic carbocycles. The lowest BCUT2D eigenvalue weighted by molar-refractivity contribution is -0.0512. The van der Waals surface area contributed by atoms with Gasteiger partial charge in [0.1, 0.15) is 0 Å². The number of rotatable bonds is 4. The predicted molar refractivity (Wildman–Crippen MR) is 42.7 cm³/mol. The first kappa shape index (κ1) is 11.2. The van der Waals surface area contributed by atoms with E-state index in [9.17, 15) is 4.79 Å². The molecule has 0 spiro atoms. The van der Waals surface area contributed by atoms with Crippen molar-refractivity contribution in [3.8, 4) is 0 Å². The van der Waals surface area contributed by atoms with Crippen molar-refractivity contribution in [2.24, 2.45) is 0 Å². The number of nitrogens with one attached hydrogen (secondary N) is 1. The molecule has 72 valence electrons. The number of aliphatic hydroxyl groups is 2. The van der Waals surface area contributed by atoms with E-state index in [4.69, 9.17) is 14.9 Å². The topological polar surface area (TPSA) is 78.8 Å². The number of alkyl carbamates (subject to hydrolysis) is 1. The molecule has 0 aliphatic rings. The Morgan fingerprint density at radius 1 is 1.50 bits per heavy atom. The van der Waals surface area contributed by atoms with Crippen LogP contribution >= 0.6 is 0 Å². The summed E-state index contributed by atoms with van der Waals surface area (Å²) in [7, 11) is 0. The monoisotopic (exact) mass is 177 g/mol. The maximum Gasteiger partial charge on any atom is 0.407 e. The van der Waals surface area contributed by atoms with Gasteiger partial charge in [-0.3, -0.25) is 0 Å². The lowest BCUT2D eigenvalue weighted by atomic mass is 10.1. The van der Waals surface area contributed by atoms with Gasteiger partial charge in [0.2, 0.25) is 0 Å². The summed E-state index contributed by atoms with van der Waals surface area (Å²) in [6, 6.07) is 0. The second-order valence-electron chi connectivity index (χ2n) is 2.69. The van der Waals surface area contributed by atoms with E-state index in [1.54, 1.807) is 6.92 Å². The summed E-state index contributed by atoms with van der Waals surface area (Å²) in [6.07, 6.45) is -0.636. The zero-order valence-corrected chi connectivity index (χ0v) is 7.33. The summed E-state index contributed by atoms with van der Waals surface area (Å²) in [4.78, 5) is 10.8. The highest BCUT2D eigenvalue weighted by molar-refractivity contribution is 5.67. The maximum absolute atomic E-state index is 10.8. The molecule has 0 aromatic rings. The Bertz CT molecular complexity index is 144. The minimum absolute atomic E-state index is 0.402. The Morgan fingerprint density at radius 3 is 2.33 bits per heavy atom. The van der Waals surface area contributed by atoms with E-state index in [2.05, 4.69) is 5.32 Å². The van der Waals surface area contributed by atoms with Crippen LogP contribution in [0.5, 0.6) is 0 Å². The molecule has 0 aliphatic heterocycles. The van der Waals surface area contributed by atoms with Gasteiger partial charge in [0, 0.05) is 6.54 Å². The van der Waals surface area contributed by atoms with Crippen molar-refractivity contribution in [1.82, 2.24) is 5.32 Å². The first-order chi connectivity index (χ1) is 5.58. The average Bonchev–Trinajstić information content (AvgIpc) is 2.05. The summed E-state index contributed by atoms with van der Waals surface area (Å²) in [6.45, 7) is 2.84. The minimum atomic E-state index is -1.20. The molecule has 0 rings (SSSR count). The molecule has 1 amide bonds. The van der Waals surface area contributed by atoms with E-state index in [1.165, 1.54) is 6.92 Å². The molecule has 0 aromatic heterocycles. The predicted octanol–water partition coefficient (Wildman–Crippen LogP) is -0.524. The van der Waals surface area contributed by atoms with Gasteiger partial charge in [0.05, 0.1) is 13.2 Å². The molecule has 5 nitrogen and oxygen atoms in total. The number of hydrogen-bond donors (Lipinski definition) is 3. The molecule has 0 fully saturated rings. The highest BCUT2D eigenvalue weighted by Crippen LogP contribution is 2.07. The minimum Gasteiger partial charge on any atom is -0.438 e. The van der Waals surface area contributed by atoms with Gasteiger partial charge >= 0.3 is 6.09 Å². The lowest BCUT2D eigenvalue weighted by Gasteiger charge is -2.24. The van der Waals surface area contributed by atoms with Crippen LogP contribution in [-0.2, 0) is 4.74 Å². The number of carbonyl (C=O) groups is 1. The van der Waals surface area contributed by atoms with E-state index in [-0.39, 0.29) is 0 Å². The first-order valence-electron chi connectivity index (χ1n) is 3.76. The Morgan fingerprint density at radius 2 is 2.00 bits per heavy atom. The number of ether oxygens (including phenoxy) is 1. The molecule has 0 saturated carbocycles. The van der Waals surface area contributed by atoms with E-state index in [0.29, 0.717) is 6.54 Å². The molecule has 0 atom stereocenters. The highest BCUT2D eigenvalue weighted by Gasteiger charge is 2.26. The Balaban J connectivity index is 3.93. The lowest BCUT2D eigenvalue weighted by Crippen LogP contribution is -2.42. The average molecular weight is 177 g/mol. The summed E-state index contributed by atoms with van der Waals surface area (Å²) in [5.41, 5.74) is -1.20. The molecule has 0 radical (unpaired) electrons. The number of amides is 1. The zero-order chi connectivity index (χ0) is 9.61. The van der Waals surface area contributed by atoms with E-state index in [0.717, 1.165) is 0 Å². The van der Waals surface area contributed by atoms with Crippen LogP contribution in [0.4, 0.5) is 4.79 Å². The van der Waals surface area contributed by atoms with Crippen molar-refractivity contribution in [3.63, 3.8) is 0 Å². The molecule has 12 heavy (non-hydrogen) atoms. The summed E-state index contributed by atoms with van der Waals surface area (Å²) < 4.78 is 4.73. The quantitative estimate of drug-likeness (QED) is 0.539. The zero-order valence-electron chi connectivity index (χ0n) is 7.33. The maximum atomic E-state index is 10.8. The van der Waals surface area contributed by atoms with E-state index in [1.807, 2.05) is 0 Å². The van der Waals surface area contributed by atoms with Crippen molar-refractivity contribution in [1.29, 1.82) is 0 Å². The van der Waals surface area contributed by atoms with Gasteiger partial charge in [-0.25, -0.2) is 4.79 Å². The summed E-state index contributed by atoms with van der Waals surface area (Å²) >= 11 is 0. The van der Waals surface area contributed by atoms with Crippen LogP contribution in [0.3, 0.4) is 0 Å². The SMILES string of the molecule is CCNC(=O)OC(C)(CO)CO. The highest BCUT2D eigenvalue weighted by atomic mass is 16.6. The Labute approximate surface area is 71.3 Å². The van der Waals surface area contributed by atoms with Gasteiger partial charge in [-0.05, 0) is 13.8 Å². The summed E-state index contributed by atoms with van der Waals surface area (Å²) in [5.74, 6) is 0. The third-order valence-corrected chi connectivity index (χ3v) is 1.33. The molecule has 5 heteroatoms. The van der Waals surface area contributed by atoms with Crippen molar-refractivity contribution in [2.75, 3.05) is 19.8 Å². The molecule has 0 saturated heterocycles. The fourth-order valence-electron chi connectivity index (χ4n) is 0.519. The second-order valence-corrected chi connectivity index (χ2v) is 2.69. The number of hydrogen-bond acceptors (Lipinski definition) is 4. The third kappa shape index (κ3) is 3.54. The van der Waals surface area contributed by atoms with Crippen LogP contribution in [0.15, 0.2) is 0 Å². The van der Waals surface area contributed by atoms with Crippen molar-refractivity contribution in [2.45, 2.75) is 19.4 Å². The number of aliphatic hydroxyl groups excluding tert-OH is 2. The van der Waals surface area contributed by atoms with Crippen LogP contribution in [0.25, 0.3) is 0 Å². The largest absolute Gasteiger partial charge is 0.438 e. The van der Waals surface area contributed by atoms with Crippen LogP contribution in [0.1, 0.15) is 13.8 Å². The molecule has 0 aromatic carbocycles. The van der Waals surface area contributed by atoms with Crippen molar-refractivity contribution in [3.05, 3.63) is 0 Å². The Kier molecular flexibility index (Phi) is 4.61. The first-order valence-corrected chi connectivity index (χ1v) is 3.76. The molecule has 0 unspecified atom stereocenters. The molecule has 0 heterocycles. The molecular formula is C7H15NO4. The smallest absolute Gasteiger partial charge is 0.407 e. The molecular weight excluding hydrogens is 162 g/mol. The van der Waals surface area contributed by atoms with Gasteiger partial charge in [-0.2, -0.15) is 0 Å². The third-order valence-electron chi connectivity index (χ3n) is 1.33. The number of carbonyl (C=O) groups excluding carboxylic acids is 1. The molecule has 3 N–H and O–H groups in total. The van der Waals surface area contributed by atoms with Gasteiger partial charge in [-0.15, -0.1) is 0 Å². The molecule has 0 bridgehead atoms. The van der Waals surface area contributed by atoms with Gasteiger partial charge in [-0.1, -0.05) is 0 Å². The second kappa shape index (κ2) is 4.95. The van der Waals surface area contributed by atoms with E-state index < -0.39 is 24.9 Å². The van der Waals surface area contributed by atoms with Gasteiger partial charge < -0.3 is 20.3 Å². The van der Waals surface area contributed by atoms with Crippen LogP contribution in [-0.4, -0.2) is 41.7 Å². The van der Waals surface area contributed by atoms with Crippen molar-refractivity contribution >= 4 is 6.09 Å².